The number of fused-ring (bicyclic) bond motifs is 1. The van der Waals surface area contributed by atoms with Crippen LogP contribution < -0.4 is 0 Å². The Bertz CT molecular complexity index is 432. The molecule has 0 saturated carbocycles. The molecule has 98 valence electrons. The fraction of sp³-hybridized carbons (Fsp3) is 0.533. The van der Waals surface area contributed by atoms with Crippen molar-refractivity contribution in [2.24, 2.45) is 5.41 Å². The third-order valence-corrected chi connectivity index (χ3v) is 3.85. The molecule has 2 rings (SSSR count). The molecule has 1 aromatic rings. The molecule has 1 aliphatic rings. The van der Waals surface area contributed by atoms with Gasteiger partial charge in [0.1, 0.15) is 0 Å². The van der Waals surface area contributed by atoms with Crippen LogP contribution >= 0.6 is 0 Å². The molecule has 0 fully saturated rings. The first kappa shape index (κ1) is 13.1. The van der Waals surface area contributed by atoms with Gasteiger partial charge in [-0.3, -0.25) is 4.79 Å². The van der Waals surface area contributed by atoms with Gasteiger partial charge in [-0.05, 0) is 50.7 Å². The number of rotatable bonds is 4. The van der Waals surface area contributed by atoms with Crippen molar-refractivity contribution in [3.8, 4) is 0 Å². The highest BCUT2D eigenvalue weighted by atomic mass is 16.4. The molecule has 0 radical (unpaired) electrons. The highest BCUT2D eigenvalue weighted by Crippen LogP contribution is 2.41. The molecule has 0 unspecified atom stereocenters. The molecule has 0 bridgehead atoms. The Labute approximate surface area is 107 Å². The number of hydrogen-bond donors (Lipinski definition) is 2. The molecule has 3 nitrogen and oxygen atoms in total. The van der Waals surface area contributed by atoms with Crippen molar-refractivity contribution in [3.05, 3.63) is 35.4 Å². The lowest BCUT2D eigenvalue weighted by Gasteiger charge is -2.27. The van der Waals surface area contributed by atoms with Crippen LogP contribution in [0.25, 0.3) is 0 Å². The van der Waals surface area contributed by atoms with Crippen LogP contribution in [-0.2, 0) is 17.6 Å². The Balaban J connectivity index is 2.20. The summed E-state index contributed by atoms with van der Waals surface area (Å²) in [5, 5.41) is 19.3. The monoisotopic (exact) mass is 248 g/mol. The van der Waals surface area contributed by atoms with E-state index in [1.165, 1.54) is 0 Å². The van der Waals surface area contributed by atoms with Gasteiger partial charge >= 0.3 is 5.97 Å². The van der Waals surface area contributed by atoms with Crippen LogP contribution in [0.4, 0.5) is 0 Å². The second-order valence-electron chi connectivity index (χ2n) is 6.02. The van der Waals surface area contributed by atoms with Crippen molar-refractivity contribution >= 4 is 5.97 Å². The van der Waals surface area contributed by atoms with Crippen molar-refractivity contribution in [3.63, 3.8) is 0 Å². The van der Waals surface area contributed by atoms with Gasteiger partial charge in [-0.1, -0.05) is 24.3 Å². The number of aliphatic carboxylic acids is 1. The average molecular weight is 248 g/mol. The summed E-state index contributed by atoms with van der Waals surface area (Å²) in [4.78, 5) is 11.6. The Morgan fingerprint density at radius 2 is 1.78 bits per heavy atom. The standard InChI is InChI=1S/C15H20O3/c1-14(2,18)7-8-15(13(16)17)9-11-5-3-4-6-12(11)10-15/h3-6,18H,7-10H2,1-2H3,(H,16,17). The van der Waals surface area contributed by atoms with Crippen molar-refractivity contribution in [1.29, 1.82) is 0 Å². The van der Waals surface area contributed by atoms with Gasteiger partial charge in [-0.25, -0.2) is 0 Å². The molecule has 18 heavy (non-hydrogen) atoms. The topological polar surface area (TPSA) is 57.5 Å². The third-order valence-electron chi connectivity index (χ3n) is 3.85. The van der Waals surface area contributed by atoms with E-state index < -0.39 is 17.0 Å². The van der Waals surface area contributed by atoms with Gasteiger partial charge in [0.25, 0.3) is 0 Å². The maximum atomic E-state index is 11.6. The van der Waals surface area contributed by atoms with Crippen molar-refractivity contribution in [2.75, 3.05) is 0 Å². The minimum absolute atomic E-state index is 0.507. The maximum absolute atomic E-state index is 11.6. The lowest BCUT2D eigenvalue weighted by Crippen LogP contribution is -2.34. The lowest BCUT2D eigenvalue weighted by atomic mass is 9.78. The van der Waals surface area contributed by atoms with Gasteiger partial charge in [0.05, 0.1) is 11.0 Å². The van der Waals surface area contributed by atoms with Gasteiger partial charge in [0.15, 0.2) is 0 Å². The Kier molecular flexibility index (Phi) is 3.20. The van der Waals surface area contributed by atoms with E-state index in [1.54, 1.807) is 13.8 Å². The number of benzene rings is 1. The molecule has 1 aromatic carbocycles. The highest BCUT2D eigenvalue weighted by molar-refractivity contribution is 5.77. The first-order chi connectivity index (χ1) is 8.32. The van der Waals surface area contributed by atoms with Gasteiger partial charge in [0, 0.05) is 0 Å². The molecule has 0 saturated heterocycles. The summed E-state index contributed by atoms with van der Waals surface area (Å²) in [6, 6.07) is 7.91. The minimum atomic E-state index is -0.808. The summed E-state index contributed by atoms with van der Waals surface area (Å²) in [6.45, 7) is 3.45. The van der Waals surface area contributed by atoms with Gasteiger partial charge in [-0.2, -0.15) is 0 Å². The summed E-state index contributed by atoms with van der Waals surface area (Å²) in [5.74, 6) is -0.747. The predicted molar refractivity (Wildman–Crippen MR) is 69.5 cm³/mol. The molecule has 0 atom stereocenters. The zero-order chi connectivity index (χ0) is 13.4. The number of carboxylic acids is 1. The second-order valence-corrected chi connectivity index (χ2v) is 6.02. The number of carbonyl (C=O) groups is 1. The van der Waals surface area contributed by atoms with Gasteiger partial charge < -0.3 is 10.2 Å². The van der Waals surface area contributed by atoms with Crippen LogP contribution in [0.2, 0.25) is 0 Å². The summed E-state index contributed by atoms with van der Waals surface area (Å²) < 4.78 is 0. The molecular weight excluding hydrogens is 228 g/mol. The fourth-order valence-corrected chi connectivity index (χ4v) is 2.67. The molecule has 0 aromatic heterocycles. The average Bonchev–Trinajstić information content (AvgIpc) is 2.65. The molecule has 3 heteroatoms. The van der Waals surface area contributed by atoms with E-state index in [2.05, 4.69) is 0 Å². The van der Waals surface area contributed by atoms with E-state index in [0.29, 0.717) is 25.7 Å². The van der Waals surface area contributed by atoms with Crippen molar-refractivity contribution < 1.29 is 15.0 Å². The number of carboxylic acid groups (broad SMARTS) is 1. The van der Waals surface area contributed by atoms with E-state index in [1.807, 2.05) is 24.3 Å². The predicted octanol–water partition coefficient (Wildman–Crippen LogP) is 2.41. The summed E-state index contributed by atoms with van der Waals surface area (Å²) >= 11 is 0. The Hall–Kier alpha value is -1.35. The SMILES string of the molecule is CC(C)(O)CCC1(C(=O)O)Cc2ccccc2C1. The fourth-order valence-electron chi connectivity index (χ4n) is 2.67. The van der Waals surface area contributed by atoms with Crippen LogP contribution in [0.1, 0.15) is 37.8 Å². The van der Waals surface area contributed by atoms with Crippen LogP contribution in [-0.4, -0.2) is 21.8 Å². The quantitative estimate of drug-likeness (QED) is 0.860. The van der Waals surface area contributed by atoms with Crippen molar-refractivity contribution in [2.45, 2.75) is 45.1 Å². The minimum Gasteiger partial charge on any atom is -0.481 e. The summed E-state index contributed by atoms with van der Waals surface area (Å²) in [7, 11) is 0. The van der Waals surface area contributed by atoms with Crippen LogP contribution in [0.15, 0.2) is 24.3 Å². The van der Waals surface area contributed by atoms with E-state index in [0.717, 1.165) is 11.1 Å². The lowest BCUT2D eigenvalue weighted by molar-refractivity contribution is -0.149. The molecule has 0 spiro atoms. The highest BCUT2D eigenvalue weighted by Gasteiger charge is 2.44. The molecule has 0 aliphatic heterocycles. The van der Waals surface area contributed by atoms with Crippen molar-refractivity contribution in [1.82, 2.24) is 0 Å². The maximum Gasteiger partial charge on any atom is 0.310 e. The Morgan fingerprint density at radius 1 is 1.28 bits per heavy atom. The smallest absolute Gasteiger partial charge is 0.310 e. The largest absolute Gasteiger partial charge is 0.481 e. The summed E-state index contributed by atoms with van der Waals surface area (Å²) in [6.07, 6.45) is 2.18. The Morgan fingerprint density at radius 3 is 2.17 bits per heavy atom. The van der Waals surface area contributed by atoms with E-state index in [4.69, 9.17) is 0 Å². The van der Waals surface area contributed by atoms with Crippen LogP contribution in [0.3, 0.4) is 0 Å². The first-order valence-corrected chi connectivity index (χ1v) is 6.35. The second kappa shape index (κ2) is 4.39. The molecule has 0 amide bonds. The molecule has 0 heterocycles. The third kappa shape index (κ3) is 2.56. The zero-order valence-corrected chi connectivity index (χ0v) is 10.9. The normalized spacial score (nSPS) is 17.5. The number of aliphatic hydroxyl groups is 1. The summed E-state index contributed by atoms with van der Waals surface area (Å²) in [5.41, 5.74) is 0.729. The van der Waals surface area contributed by atoms with E-state index in [9.17, 15) is 15.0 Å². The molecular formula is C15H20O3. The first-order valence-electron chi connectivity index (χ1n) is 6.35. The zero-order valence-electron chi connectivity index (χ0n) is 10.9. The van der Waals surface area contributed by atoms with Crippen LogP contribution in [0.5, 0.6) is 0 Å². The number of hydrogen-bond acceptors (Lipinski definition) is 2. The van der Waals surface area contributed by atoms with E-state index >= 15 is 0 Å². The molecule has 2 N–H and O–H groups in total. The van der Waals surface area contributed by atoms with E-state index in [-0.39, 0.29) is 0 Å². The van der Waals surface area contributed by atoms with Gasteiger partial charge in [0.2, 0.25) is 0 Å². The van der Waals surface area contributed by atoms with Crippen LogP contribution in [0, 0.1) is 5.41 Å². The molecule has 1 aliphatic carbocycles. The van der Waals surface area contributed by atoms with Gasteiger partial charge in [-0.15, -0.1) is 0 Å².